The normalized spacial score (nSPS) is 10.8. The van der Waals surface area contributed by atoms with Crippen molar-refractivity contribution in [2.24, 2.45) is 0 Å². The third kappa shape index (κ3) is 3.60. The summed E-state index contributed by atoms with van der Waals surface area (Å²) in [5.74, 6) is -0.458. The molecule has 0 unspecified atom stereocenters. The van der Waals surface area contributed by atoms with Gasteiger partial charge in [0.1, 0.15) is 12.3 Å². The summed E-state index contributed by atoms with van der Waals surface area (Å²) in [6.07, 6.45) is 3.46. The van der Waals surface area contributed by atoms with Crippen LogP contribution in [0.1, 0.15) is 16.1 Å². The van der Waals surface area contributed by atoms with Crippen LogP contribution in [0.15, 0.2) is 58.4 Å². The molecule has 0 atom stereocenters. The molecule has 122 valence electrons. The number of hydrogen-bond acceptors (Lipinski definition) is 5. The predicted molar refractivity (Wildman–Crippen MR) is 93.8 cm³/mol. The molecule has 0 aliphatic heterocycles. The smallest absolute Gasteiger partial charge is 0.338 e. The maximum Gasteiger partial charge on any atom is 0.338 e. The summed E-state index contributed by atoms with van der Waals surface area (Å²) in [6.45, 7) is -0.0719. The number of thioether (sulfide) groups is 1. The SMILES string of the molecule is CSc1ccc(C(=O)OCc2cc(=O)n3cc(Cl)ccc3n2)cc1. The van der Waals surface area contributed by atoms with Gasteiger partial charge < -0.3 is 4.74 Å². The summed E-state index contributed by atoms with van der Waals surface area (Å²) < 4.78 is 6.57. The van der Waals surface area contributed by atoms with Crippen LogP contribution in [0.3, 0.4) is 0 Å². The van der Waals surface area contributed by atoms with E-state index >= 15 is 0 Å². The average molecular weight is 361 g/mol. The number of ether oxygens (including phenoxy) is 1. The van der Waals surface area contributed by atoms with E-state index in [4.69, 9.17) is 16.3 Å². The number of benzene rings is 1. The third-order valence-electron chi connectivity index (χ3n) is 3.35. The zero-order valence-corrected chi connectivity index (χ0v) is 14.3. The number of rotatable bonds is 4. The van der Waals surface area contributed by atoms with E-state index in [1.54, 1.807) is 36.0 Å². The number of aromatic nitrogens is 2. The fourth-order valence-corrected chi connectivity index (χ4v) is 2.72. The lowest BCUT2D eigenvalue weighted by molar-refractivity contribution is 0.0467. The minimum absolute atomic E-state index is 0.0719. The van der Waals surface area contributed by atoms with Gasteiger partial charge in [0, 0.05) is 17.2 Å². The van der Waals surface area contributed by atoms with E-state index < -0.39 is 5.97 Å². The Morgan fingerprint density at radius 1 is 1.25 bits per heavy atom. The molecule has 7 heteroatoms. The van der Waals surface area contributed by atoms with Gasteiger partial charge in [-0.25, -0.2) is 9.78 Å². The number of fused-ring (bicyclic) bond motifs is 1. The molecule has 0 N–H and O–H groups in total. The minimum Gasteiger partial charge on any atom is -0.456 e. The zero-order valence-electron chi connectivity index (χ0n) is 12.7. The van der Waals surface area contributed by atoms with Gasteiger partial charge in [-0.1, -0.05) is 11.6 Å². The Kier molecular flexibility index (Phi) is 4.87. The molecule has 0 amide bonds. The maximum absolute atomic E-state index is 12.1. The van der Waals surface area contributed by atoms with Gasteiger partial charge in [0.25, 0.3) is 5.56 Å². The molecule has 3 rings (SSSR count). The van der Waals surface area contributed by atoms with Crippen LogP contribution in [-0.2, 0) is 11.3 Å². The molecule has 0 aliphatic carbocycles. The molecule has 5 nitrogen and oxygen atoms in total. The first-order valence-corrected chi connectivity index (χ1v) is 8.66. The highest BCUT2D eigenvalue weighted by Gasteiger charge is 2.09. The van der Waals surface area contributed by atoms with Crippen molar-refractivity contribution < 1.29 is 9.53 Å². The van der Waals surface area contributed by atoms with Gasteiger partial charge in [-0.3, -0.25) is 9.20 Å². The lowest BCUT2D eigenvalue weighted by Gasteiger charge is -2.06. The van der Waals surface area contributed by atoms with E-state index in [1.165, 1.54) is 16.7 Å². The lowest BCUT2D eigenvalue weighted by Crippen LogP contribution is -2.16. The summed E-state index contributed by atoms with van der Waals surface area (Å²) in [5, 5.41) is 0.444. The van der Waals surface area contributed by atoms with E-state index in [1.807, 2.05) is 18.4 Å². The zero-order chi connectivity index (χ0) is 17.1. The Bertz CT molecular complexity index is 954. The van der Waals surface area contributed by atoms with Gasteiger partial charge in [0.05, 0.1) is 16.3 Å². The summed E-state index contributed by atoms with van der Waals surface area (Å²) in [5.41, 5.74) is 1.01. The molecule has 0 bridgehead atoms. The molecular formula is C17H13ClN2O3S. The summed E-state index contributed by atoms with van der Waals surface area (Å²) in [4.78, 5) is 29.5. The van der Waals surface area contributed by atoms with E-state index in [2.05, 4.69) is 4.98 Å². The first kappa shape index (κ1) is 16.5. The van der Waals surface area contributed by atoms with Crippen LogP contribution in [0.4, 0.5) is 0 Å². The number of nitrogens with zero attached hydrogens (tertiary/aromatic N) is 2. The third-order valence-corrected chi connectivity index (χ3v) is 4.32. The van der Waals surface area contributed by atoms with Crippen molar-refractivity contribution in [1.29, 1.82) is 0 Å². The Balaban J connectivity index is 1.76. The molecule has 2 heterocycles. The minimum atomic E-state index is -0.458. The molecule has 0 aliphatic rings. The van der Waals surface area contributed by atoms with Gasteiger partial charge in [-0.15, -0.1) is 11.8 Å². The second-order valence-electron chi connectivity index (χ2n) is 4.97. The second-order valence-corrected chi connectivity index (χ2v) is 6.28. The van der Waals surface area contributed by atoms with Gasteiger partial charge >= 0.3 is 5.97 Å². The molecule has 24 heavy (non-hydrogen) atoms. The van der Waals surface area contributed by atoms with Crippen LogP contribution in [0, 0.1) is 0 Å². The number of halogens is 1. The van der Waals surface area contributed by atoms with E-state index in [0.29, 0.717) is 21.9 Å². The van der Waals surface area contributed by atoms with Crippen LogP contribution in [0.25, 0.3) is 5.65 Å². The molecular weight excluding hydrogens is 348 g/mol. The molecule has 3 aromatic rings. The van der Waals surface area contributed by atoms with E-state index in [9.17, 15) is 9.59 Å². The number of carbonyl (C=O) groups excluding carboxylic acids is 1. The van der Waals surface area contributed by atoms with Crippen molar-refractivity contribution in [2.45, 2.75) is 11.5 Å². The maximum atomic E-state index is 12.1. The number of hydrogen-bond donors (Lipinski definition) is 0. The number of pyridine rings is 1. The second kappa shape index (κ2) is 7.07. The van der Waals surface area contributed by atoms with Crippen LogP contribution < -0.4 is 5.56 Å². The molecule has 0 radical (unpaired) electrons. The quantitative estimate of drug-likeness (QED) is 0.527. The Morgan fingerprint density at radius 3 is 2.71 bits per heavy atom. The van der Waals surface area contributed by atoms with Gasteiger partial charge in [0.15, 0.2) is 0 Å². The van der Waals surface area contributed by atoms with Gasteiger partial charge in [-0.2, -0.15) is 0 Å². The Labute approximate surface area is 147 Å². The molecule has 2 aromatic heterocycles. The standard InChI is InChI=1S/C17H13ClN2O3S/c1-24-14-5-2-11(3-6-14)17(22)23-10-13-8-16(21)20-9-12(18)4-7-15(20)19-13/h2-9H,10H2,1H3. The summed E-state index contributed by atoms with van der Waals surface area (Å²) in [7, 11) is 0. The monoisotopic (exact) mass is 360 g/mol. The fourth-order valence-electron chi connectivity index (χ4n) is 2.15. The lowest BCUT2D eigenvalue weighted by atomic mass is 10.2. The van der Waals surface area contributed by atoms with Crippen LogP contribution >= 0.6 is 23.4 Å². The Hall–Kier alpha value is -2.31. The van der Waals surface area contributed by atoms with Crippen LogP contribution in [0.2, 0.25) is 5.02 Å². The van der Waals surface area contributed by atoms with Crippen molar-refractivity contribution in [3.63, 3.8) is 0 Å². The average Bonchev–Trinajstić information content (AvgIpc) is 2.60. The van der Waals surface area contributed by atoms with E-state index in [-0.39, 0.29) is 12.2 Å². The first-order chi connectivity index (χ1) is 11.6. The predicted octanol–water partition coefficient (Wildman–Crippen LogP) is 3.43. The van der Waals surface area contributed by atoms with Gasteiger partial charge in [0.2, 0.25) is 0 Å². The summed E-state index contributed by atoms with van der Waals surface area (Å²) >= 11 is 7.46. The highest BCUT2D eigenvalue weighted by atomic mass is 35.5. The fraction of sp³-hybridized carbons (Fsp3) is 0.118. The first-order valence-electron chi connectivity index (χ1n) is 7.06. The van der Waals surface area contributed by atoms with Crippen molar-refractivity contribution in [3.05, 3.63) is 75.3 Å². The summed E-state index contributed by atoms with van der Waals surface area (Å²) in [6, 6.07) is 11.7. The van der Waals surface area contributed by atoms with Crippen LogP contribution in [-0.4, -0.2) is 21.6 Å². The van der Waals surface area contributed by atoms with Crippen molar-refractivity contribution in [2.75, 3.05) is 6.26 Å². The molecule has 0 saturated heterocycles. The van der Waals surface area contributed by atoms with Gasteiger partial charge in [-0.05, 0) is 42.7 Å². The molecule has 0 fully saturated rings. The van der Waals surface area contributed by atoms with Crippen molar-refractivity contribution in [1.82, 2.24) is 9.38 Å². The highest BCUT2D eigenvalue weighted by Crippen LogP contribution is 2.15. The largest absolute Gasteiger partial charge is 0.456 e. The van der Waals surface area contributed by atoms with E-state index in [0.717, 1.165) is 4.90 Å². The highest BCUT2D eigenvalue weighted by molar-refractivity contribution is 7.98. The molecule has 0 spiro atoms. The topological polar surface area (TPSA) is 60.7 Å². The number of esters is 1. The van der Waals surface area contributed by atoms with Crippen LogP contribution in [0.5, 0.6) is 0 Å². The Morgan fingerprint density at radius 2 is 2.00 bits per heavy atom. The molecule has 1 aromatic carbocycles. The van der Waals surface area contributed by atoms with Crippen molar-refractivity contribution >= 4 is 35.0 Å². The number of carbonyl (C=O) groups is 1. The van der Waals surface area contributed by atoms with Crippen molar-refractivity contribution in [3.8, 4) is 0 Å². The molecule has 0 saturated carbocycles.